The first-order valence-corrected chi connectivity index (χ1v) is 9.00. The smallest absolute Gasteiger partial charge is 0.264 e. The van der Waals surface area contributed by atoms with E-state index >= 15 is 0 Å². The molecule has 0 atom stereocenters. The Morgan fingerprint density at radius 1 is 1.26 bits per heavy atom. The highest BCUT2D eigenvalue weighted by Gasteiger charge is 2.12. The van der Waals surface area contributed by atoms with Gasteiger partial charge >= 0.3 is 0 Å². The number of hydrogen-bond acceptors (Lipinski definition) is 6. The van der Waals surface area contributed by atoms with Crippen LogP contribution in [-0.4, -0.2) is 24.6 Å². The van der Waals surface area contributed by atoms with Crippen molar-refractivity contribution in [3.63, 3.8) is 0 Å². The molecule has 0 bridgehead atoms. The van der Waals surface area contributed by atoms with Crippen molar-refractivity contribution in [2.75, 3.05) is 19.0 Å². The maximum Gasteiger partial charge on any atom is 0.264 e. The van der Waals surface area contributed by atoms with Crippen LogP contribution in [0.1, 0.15) is 11.1 Å². The average molecular weight is 379 g/mol. The molecule has 7 heteroatoms. The average Bonchev–Trinajstić information content (AvgIpc) is 3.15. The molecule has 0 saturated heterocycles. The van der Waals surface area contributed by atoms with Crippen molar-refractivity contribution in [1.82, 2.24) is 4.98 Å². The van der Waals surface area contributed by atoms with Crippen molar-refractivity contribution < 1.29 is 14.3 Å². The number of hydrogen-bond donors (Lipinski definition) is 1. The quantitative estimate of drug-likeness (QED) is 0.699. The molecule has 0 saturated carbocycles. The zero-order valence-electron chi connectivity index (χ0n) is 14.9. The fraction of sp³-hybridized carbons (Fsp3) is 0.150. The summed E-state index contributed by atoms with van der Waals surface area (Å²) in [4.78, 5) is 16.5. The Labute approximate surface area is 161 Å². The van der Waals surface area contributed by atoms with Crippen LogP contribution in [0.25, 0.3) is 11.3 Å². The van der Waals surface area contributed by atoms with E-state index in [0.29, 0.717) is 16.4 Å². The highest BCUT2D eigenvalue weighted by atomic mass is 32.1. The van der Waals surface area contributed by atoms with Gasteiger partial charge < -0.3 is 9.47 Å². The van der Waals surface area contributed by atoms with Crippen LogP contribution in [0, 0.1) is 18.3 Å². The normalized spacial score (nSPS) is 10.1. The zero-order valence-corrected chi connectivity index (χ0v) is 15.7. The molecule has 0 aliphatic rings. The summed E-state index contributed by atoms with van der Waals surface area (Å²) in [6.45, 7) is 1.85. The zero-order chi connectivity index (χ0) is 19.2. The SMILES string of the molecule is COc1ccc(C)cc1-c1csc(NC(=O)COc2ccc(C#N)cc2)n1. The van der Waals surface area contributed by atoms with E-state index < -0.39 is 0 Å². The monoisotopic (exact) mass is 379 g/mol. The molecule has 2 aromatic carbocycles. The molecule has 3 rings (SSSR count). The van der Waals surface area contributed by atoms with Crippen molar-refractivity contribution in [2.24, 2.45) is 0 Å². The predicted molar refractivity (Wildman–Crippen MR) is 104 cm³/mol. The van der Waals surface area contributed by atoms with Gasteiger partial charge in [-0.15, -0.1) is 11.3 Å². The third-order valence-corrected chi connectivity index (χ3v) is 4.49. The minimum absolute atomic E-state index is 0.144. The Hall–Kier alpha value is -3.37. The van der Waals surface area contributed by atoms with Crippen molar-refractivity contribution in [1.29, 1.82) is 5.26 Å². The second kappa shape index (κ2) is 8.34. The Bertz CT molecular complexity index is 990. The van der Waals surface area contributed by atoms with E-state index in [2.05, 4.69) is 10.3 Å². The molecule has 1 amide bonds. The fourth-order valence-corrected chi connectivity index (χ4v) is 3.13. The number of aryl methyl sites for hydroxylation is 1. The lowest BCUT2D eigenvalue weighted by Crippen LogP contribution is -2.20. The summed E-state index contributed by atoms with van der Waals surface area (Å²) >= 11 is 1.33. The molecule has 1 N–H and O–H groups in total. The number of anilines is 1. The van der Waals surface area contributed by atoms with E-state index in [1.807, 2.05) is 36.6 Å². The molecule has 6 nitrogen and oxygen atoms in total. The van der Waals surface area contributed by atoms with Crippen LogP contribution in [0.15, 0.2) is 47.8 Å². The van der Waals surface area contributed by atoms with E-state index in [-0.39, 0.29) is 12.5 Å². The maximum atomic E-state index is 12.1. The molecule has 0 spiro atoms. The maximum absolute atomic E-state index is 12.1. The second-order valence-electron chi connectivity index (χ2n) is 5.71. The number of carbonyl (C=O) groups excluding carboxylic acids is 1. The van der Waals surface area contributed by atoms with Gasteiger partial charge in [-0.05, 0) is 43.3 Å². The van der Waals surface area contributed by atoms with E-state index in [4.69, 9.17) is 14.7 Å². The molecule has 1 aromatic heterocycles. The number of amides is 1. The summed E-state index contributed by atoms with van der Waals surface area (Å²) in [5.41, 5.74) is 3.25. The van der Waals surface area contributed by atoms with Crippen LogP contribution in [0.2, 0.25) is 0 Å². The number of ether oxygens (including phenoxy) is 2. The lowest BCUT2D eigenvalue weighted by Gasteiger charge is -2.07. The van der Waals surface area contributed by atoms with Gasteiger partial charge in [0.25, 0.3) is 5.91 Å². The first kappa shape index (κ1) is 18.4. The minimum atomic E-state index is -0.309. The lowest BCUT2D eigenvalue weighted by atomic mass is 10.1. The minimum Gasteiger partial charge on any atom is -0.496 e. The number of methoxy groups -OCH3 is 1. The van der Waals surface area contributed by atoms with Crippen molar-refractivity contribution in [2.45, 2.75) is 6.92 Å². The Balaban J connectivity index is 1.62. The number of benzene rings is 2. The highest BCUT2D eigenvalue weighted by Crippen LogP contribution is 2.32. The summed E-state index contributed by atoms with van der Waals surface area (Å²) in [5.74, 6) is 0.942. The lowest BCUT2D eigenvalue weighted by molar-refractivity contribution is -0.118. The van der Waals surface area contributed by atoms with Crippen LogP contribution >= 0.6 is 11.3 Å². The summed E-state index contributed by atoms with van der Waals surface area (Å²) in [7, 11) is 1.61. The molecule has 3 aromatic rings. The van der Waals surface area contributed by atoms with Gasteiger partial charge in [-0.25, -0.2) is 4.98 Å². The summed E-state index contributed by atoms with van der Waals surface area (Å²) in [6.07, 6.45) is 0. The van der Waals surface area contributed by atoms with Gasteiger partial charge in [-0.1, -0.05) is 11.6 Å². The molecule has 0 unspecified atom stereocenters. The van der Waals surface area contributed by atoms with Crippen molar-refractivity contribution >= 4 is 22.4 Å². The molecular formula is C20H17N3O3S. The molecule has 27 heavy (non-hydrogen) atoms. The van der Waals surface area contributed by atoms with Crippen molar-refractivity contribution in [3.05, 3.63) is 59.0 Å². The molecule has 0 fully saturated rings. The van der Waals surface area contributed by atoms with E-state index in [1.54, 1.807) is 31.4 Å². The van der Waals surface area contributed by atoms with Gasteiger partial charge in [0, 0.05) is 10.9 Å². The molecule has 0 aliphatic carbocycles. The molecular weight excluding hydrogens is 362 g/mol. The van der Waals surface area contributed by atoms with E-state index in [1.165, 1.54) is 11.3 Å². The molecule has 0 aliphatic heterocycles. The Kier molecular flexibility index (Phi) is 5.69. The van der Waals surface area contributed by atoms with E-state index in [9.17, 15) is 4.79 Å². The second-order valence-corrected chi connectivity index (χ2v) is 6.57. The fourth-order valence-electron chi connectivity index (χ4n) is 2.41. The Morgan fingerprint density at radius 3 is 2.74 bits per heavy atom. The van der Waals surface area contributed by atoms with Gasteiger partial charge in [-0.2, -0.15) is 5.26 Å². The number of nitrogens with zero attached hydrogens (tertiary/aromatic N) is 2. The standard InChI is InChI=1S/C20H17N3O3S/c1-13-3-8-18(25-2)16(9-13)17-12-27-20(22-17)23-19(24)11-26-15-6-4-14(10-21)5-7-15/h3-9,12H,11H2,1-2H3,(H,22,23,24). The third-order valence-electron chi connectivity index (χ3n) is 3.73. The van der Waals surface area contributed by atoms with Crippen LogP contribution in [0.4, 0.5) is 5.13 Å². The number of aromatic nitrogens is 1. The van der Waals surface area contributed by atoms with Gasteiger partial charge in [-0.3, -0.25) is 10.1 Å². The van der Waals surface area contributed by atoms with Crippen LogP contribution in [-0.2, 0) is 4.79 Å². The van der Waals surface area contributed by atoms with Crippen molar-refractivity contribution in [3.8, 4) is 28.8 Å². The van der Waals surface area contributed by atoms with Gasteiger partial charge in [0.2, 0.25) is 0 Å². The number of rotatable bonds is 6. The van der Waals surface area contributed by atoms with Gasteiger partial charge in [0.15, 0.2) is 11.7 Å². The van der Waals surface area contributed by atoms with Crippen LogP contribution in [0.3, 0.4) is 0 Å². The largest absolute Gasteiger partial charge is 0.496 e. The third kappa shape index (κ3) is 4.63. The topological polar surface area (TPSA) is 84.2 Å². The van der Waals surface area contributed by atoms with Gasteiger partial charge in [0.1, 0.15) is 11.5 Å². The van der Waals surface area contributed by atoms with Gasteiger partial charge in [0.05, 0.1) is 24.4 Å². The summed E-state index contributed by atoms with van der Waals surface area (Å²) in [6, 6.07) is 14.5. The molecule has 1 heterocycles. The van der Waals surface area contributed by atoms with Crippen LogP contribution < -0.4 is 14.8 Å². The molecule has 136 valence electrons. The highest BCUT2D eigenvalue weighted by molar-refractivity contribution is 7.14. The first-order valence-electron chi connectivity index (χ1n) is 8.12. The predicted octanol–water partition coefficient (Wildman–Crippen LogP) is 4.02. The number of nitrogens with one attached hydrogen (secondary N) is 1. The summed E-state index contributed by atoms with van der Waals surface area (Å²) < 4.78 is 10.8. The summed E-state index contributed by atoms with van der Waals surface area (Å²) in [5, 5.41) is 13.9. The molecule has 0 radical (unpaired) electrons. The number of nitriles is 1. The van der Waals surface area contributed by atoms with E-state index in [0.717, 1.165) is 22.6 Å². The Morgan fingerprint density at radius 2 is 2.04 bits per heavy atom. The number of carbonyl (C=O) groups is 1. The first-order chi connectivity index (χ1) is 13.1. The number of thiazole rings is 1. The van der Waals surface area contributed by atoms with Crippen LogP contribution in [0.5, 0.6) is 11.5 Å².